The normalized spacial score (nSPS) is 13.8. The van der Waals surface area contributed by atoms with Crippen molar-refractivity contribution in [1.82, 2.24) is 5.32 Å². The van der Waals surface area contributed by atoms with E-state index in [1.54, 1.807) is 6.07 Å². The van der Waals surface area contributed by atoms with Gasteiger partial charge in [-0.3, -0.25) is 9.59 Å². The standard InChI is InChI=1S/C16H21NO3/c1-2-3-9-17-16(19)11-20-13-8-7-12-5-4-6-15(18)14(12)10-13/h7-8,10H,2-6,9,11H2,1H3,(H,17,19). The number of Topliss-reactive ketones (excluding diaryl/α,β-unsaturated/α-hetero) is 1. The van der Waals surface area contributed by atoms with Crippen molar-refractivity contribution in [3.63, 3.8) is 0 Å². The van der Waals surface area contributed by atoms with E-state index in [0.29, 0.717) is 18.7 Å². The Morgan fingerprint density at radius 3 is 3.00 bits per heavy atom. The molecule has 1 aliphatic carbocycles. The van der Waals surface area contributed by atoms with Gasteiger partial charge >= 0.3 is 0 Å². The number of nitrogens with one attached hydrogen (secondary N) is 1. The summed E-state index contributed by atoms with van der Waals surface area (Å²) in [5.41, 5.74) is 1.83. The SMILES string of the molecule is CCCCNC(=O)COc1ccc2c(c1)C(=O)CCC2. The molecule has 0 fully saturated rings. The lowest BCUT2D eigenvalue weighted by Crippen LogP contribution is -2.29. The average molecular weight is 275 g/mol. The first-order valence-corrected chi connectivity index (χ1v) is 7.26. The molecule has 2 rings (SSSR count). The van der Waals surface area contributed by atoms with Crippen molar-refractivity contribution >= 4 is 11.7 Å². The molecule has 108 valence electrons. The molecule has 1 aliphatic rings. The molecule has 0 radical (unpaired) electrons. The molecule has 0 aliphatic heterocycles. The third-order valence-corrected chi connectivity index (χ3v) is 3.45. The van der Waals surface area contributed by atoms with Crippen LogP contribution in [0.15, 0.2) is 18.2 Å². The molecule has 0 saturated carbocycles. The first-order chi connectivity index (χ1) is 9.70. The van der Waals surface area contributed by atoms with E-state index in [4.69, 9.17) is 4.74 Å². The summed E-state index contributed by atoms with van der Waals surface area (Å²) < 4.78 is 5.45. The minimum atomic E-state index is -0.123. The second-order valence-electron chi connectivity index (χ2n) is 5.09. The smallest absolute Gasteiger partial charge is 0.257 e. The van der Waals surface area contributed by atoms with Crippen molar-refractivity contribution < 1.29 is 14.3 Å². The first kappa shape index (κ1) is 14.6. The molecule has 4 nitrogen and oxygen atoms in total. The molecule has 4 heteroatoms. The van der Waals surface area contributed by atoms with Crippen LogP contribution in [-0.2, 0) is 11.2 Å². The molecule has 1 N–H and O–H groups in total. The van der Waals surface area contributed by atoms with E-state index in [0.717, 1.165) is 36.8 Å². The van der Waals surface area contributed by atoms with Crippen LogP contribution in [0.1, 0.15) is 48.5 Å². The number of carbonyl (C=O) groups excluding carboxylic acids is 2. The van der Waals surface area contributed by atoms with Gasteiger partial charge < -0.3 is 10.1 Å². The minimum absolute atomic E-state index is 0.00328. The fourth-order valence-electron chi connectivity index (χ4n) is 2.30. The maximum Gasteiger partial charge on any atom is 0.257 e. The van der Waals surface area contributed by atoms with Crippen molar-refractivity contribution in [2.75, 3.05) is 13.2 Å². The molecule has 0 atom stereocenters. The summed E-state index contributed by atoms with van der Waals surface area (Å²) in [6.45, 7) is 2.75. The quantitative estimate of drug-likeness (QED) is 0.812. The van der Waals surface area contributed by atoms with Crippen LogP contribution in [0.5, 0.6) is 5.75 Å². The van der Waals surface area contributed by atoms with Crippen molar-refractivity contribution in [2.45, 2.75) is 39.0 Å². The zero-order valence-electron chi connectivity index (χ0n) is 11.9. The molecule has 1 aromatic rings. The summed E-state index contributed by atoms with van der Waals surface area (Å²) in [7, 11) is 0. The molecule has 0 unspecified atom stereocenters. The molecule has 20 heavy (non-hydrogen) atoms. The summed E-state index contributed by atoms with van der Waals surface area (Å²) in [5, 5.41) is 2.79. The Morgan fingerprint density at radius 1 is 1.35 bits per heavy atom. The number of fused-ring (bicyclic) bond motifs is 1. The highest BCUT2D eigenvalue weighted by Crippen LogP contribution is 2.25. The number of amides is 1. The Morgan fingerprint density at radius 2 is 2.20 bits per heavy atom. The van der Waals surface area contributed by atoms with Crippen LogP contribution in [0.3, 0.4) is 0 Å². The number of hydrogen-bond acceptors (Lipinski definition) is 3. The van der Waals surface area contributed by atoms with Crippen LogP contribution in [-0.4, -0.2) is 24.8 Å². The number of hydrogen-bond donors (Lipinski definition) is 1. The van der Waals surface area contributed by atoms with Gasteiger partial charge in [0, 0.05) is 18.5 Å². The summed E-state index contributed by atoms with van der Waals surface area (Å²) in [6, 6.07) is 5.52. The summed E-state index contributed by atoms with van der Waals surface area (Å²) >= 11 is 0. The Hall–Kier alpha value is -1.84. The number of benzene rings is 1. The predicted molar refractivity (Wildman–Crippen MR) is 77.1 cm³/mol. The van der Waals surface area contributed by atoms with E-state index < -0.39 is 0 Å². The van der Waals surface area contributed by atoms with E-state index in [2.05, 4.69) is 12.2 Å². The van der Waals surface area contributed by atoms with E-state index in [1.165, 1.54) is 0 Å². The highest BCUT2D eigenvalue weighted by Gasteiger charge is 2.17. The van der Waals surface area contributed by atoms with E-state index in [-0.39, 0.29) is 18.3 Å². The molecule has 0 aromatic heterocycles. The average Bonchev–Trinajstić information content (AvgIpc) is 2.46. The third-order valence-electron chi connectivity index (χ3n) is 3.45. The van der Waals surface area contributed by atoms with Crippen LogP contribution in [0.4, 0.5) is 0 Å². The second kappa shape index (κ2) is 7.08. The zero-order chi connectivity index (χ0) is 14.4. The van der Waals surface area contributed by atoms with Crippen LogP contribution >= 0.6 is 0 Å². The van der Waals surface area contributed by atoms with Crippen molar-refractivity contribution in [2.24, 2.45) is 0 Å². The van der Waals surface area contributed by atoms with Gasteiger partial charge in [0.2, 0.25) is 0 Å². The Labute approximate surface area is 119 Å². The van der Waals surface area contributed by atoms with Gasteiger partial charge in [0.15, 0.2) is 12.4 Å². The first-order valence-electron chi connectivity index (χ1n) is 7.26. The van der Waals surface area contributed by atoms with Gasteiger partial charge in [0.1, 0.15) is 5.75 Å². The molecular weight excluding hydrogens is 254 g/mol. The van der Waals surface area contributed by atoms with Crippen molar-refractivity contribution in [1.29, 1.82) is 0 Å². The third kappa shape index (κ3) is 3.83. The van der Waals surface area contributed by atoms with Crippen molar-refractivity contribution in [3.05, 3.63) is 29.3 Å². The summed E-state index contributed by atoms with van der Waals surface area (Å²) in [6.07, 6.45) is 4.49. The van der Waals surface area contributed by atoms with E-state index >= 15 is 0 Å². The fraction of sp³-hybridized carbons (Fsp3) is 0.500. The van der Waals surface area contributed by atoms with E-state index in [9.17, 15) is 9.59 Å². The van der Waals surface area contributed by atoms with Gasteiger partial charge in [0.05, 0.1) is 0 Å². The Bertz CT molecular complexity index is 496. The molecule has 1 aromatic carbocycles. The summed E-state index contributed by atoms with van der Waals surface area (Å²) in [4.78, 5) is 23.4. The second-order valence-corrected chi connectivity index (χ2v) is 5.09. The van der Waals surface area contributed by atoms with Gasteiger partial charge in [-0.05, 0) is 37.0 Å². The highest BCUT2D eigenvalue weighted by atomic mass is 16.5. The number of ketones is 1. The lowest BCUT2D eigenvalue weighted by Gasteiger charge is -2.15. The zero-order valence-corrected chi connectivity index (χ0v) is 11.9. The molecule has 0 bridgehead atoms. The van der Waals surface area contributed by atoms with Crippen LogP contribution in [0, 0.1) is 0 Å². The van der Waals surface area contributed by atoms with Crippen LogP contribution < -0.4 is 10.1 Å². The van der Waals surface area contributed by atoms with Gasteiger partial charge in [-0.25, -0.2) is 0 Å². The lowest BCUT2D eigenvalue weighted by molar-refractivity contribution is -0.123. The molecule has 1 amide bonds. The van der Waals surface area contributed by atoms with Gasteiger partial charge in [0.25, 0.3) is 5.91 Å². The monoisotopic (exact) mass is 275 g/mol. The molecular formula is C16H21NO3. The largest absolute Gasteiger partial charge is 0.484 e. The molecule has 0 spiro atoms. The number of unbranched alkanes of at least 4 members (excludes halogenated alkanes) is 1. The predicted octanol–water partition coefficient (Wildman–Crippen LogP) is 2.50. The number of carbonyl (C=O) groups is 2. The van der Waals surface area contributed by atoms with E-state index in [1.807, 2.05) is 12.1 Å². The van der Waals surface area contributed by atoms with Gasteiger partial charge in [-0.1, -0.05) is 19.4 Å². The number of ether oxygens (including phenoxy) is 1. The maximum absolute atomic E-state index is 11.8. The van der Waals surface area contributed by atoms with Crippen LogP contribution in [0.2, 0.25) is 0 Å². The number of rotatable bonds is 6. The Kier molecular flexibility index (Phi) is 5.16. The number of aryl methyl sites for hydroxylation is 1. The highest BCUT2D eigenvalue weighted by molar-refractivity contribution is 5.98. The lowest BCUT2D eigenvalue weighted by atomic mass is 9.90. The van der Waals surface area contributed by atoms with Gasteiger partial charge in [-0.2, -0.15) is 0 Å². The summed E-state index contributed by atoms with van der Waals surface area (Å²) in [5.74, 6) is 0.635. The minimum Gasteiger partial charge on any atom is -0.484 e. The molecule has 0 heterocycles. The Balaban J connectivity index is 1.89. The topological polar surface area (TPSA) is 55.4 Å². The fourth-order valence-corrected chi connectivity index (χ4v) is 2.30. The molecule has 0 saturated heterocycles. The van der Waals surface area contributed by atoms with Crippen molar-refractivity contribution in [3.8, 4) is 5.75 Å². The van der Waals surface area contributed by atoms with Gasteiger partial charge in [-0.15, -0.1) is 0 Å². The maximum atomic E-state index is 11.8. The van der Waals surface area contributed by atoms with Crippen LogP contribution in [0.25, 0.3) is 0 Å².